The zero-order valence-electron chi connectivity index (χ0n) is 13.3. The summed E-state index contributed by atoms with van der Waals surface area (Å²) in [6, 6.07) is 13.2. The second-order valence-electron chi connectivity index (χ2n) is 5.66. The predicted molar refractivity (Wildman–Crippen MR) is 89.1 cm³/mol. The Bertz CT molecular complexity index is 748. The molecule has 2 aromatic rings. The maximum absolute atomic E-state index is 12.1. The lowest BCUT2D eigenvalue weighted by Gasteiger charge is -2.17. The molecular weight excluding hydrogens is 290 g/mol. The second kappa shape index (κ2) is 6.65. The average molecular weight is 309 g/mol. The quantitative estimate of drug-likeness (QED) is 0.638. The maximum atomic E-state index is 12.1. The molecule has 0 atom stereocenters. The van der Waals surface area contributed by atoms with Crippen LogP contribution in [0.2, 0.25) is 0 Å². The number of ether oxygens (including phenoxy) is 1. The van der Waals surface area contributed by atoms with Gasteiger partial charge in [-0.15, -0.1) is 0 Å². The lowest BCUT2D eigenvalue weighted by atomic mass is 9.90. The first-order chi connectivity index (χ1) is 11.2. The summed E-state index contributed by atoms with van der Waals surface area (Å²) in [7, 11) is 1.66. The van der Waals surface area contributed by atoms with Crippen molar-refractivity contribution >= 4 is 11.7 Å². The fraction of sp³-hybridized carbons (Fsp3) is 0.263. The first kappa shape index (κ1) is 15.3. The molecule has 0 spiro atoms. The molecule has 4 nitrogen and oxygen atoms in total. The highest BCUT2D eigenvalue weighted by Crippen LogP contribution is 2.26. The van der Waals surface area contributed by atoms with Gasteiger partial charge in [0.25, 0.3) is 0 Å². The van der Waals surface area contributed by atoms with E-state index in [1.807, 2.05) is 37.3 Å². The number of fused-ring (bicyclic) bond motifs is 1. The van der Waals surface area contributed by atoms with Gasteiger partial charge in [0.1, 0.15) is 5.75 Å². The molecule has 3 rings (SSSR count). The molecule has 0 unspecified atom stereocenters. The van der Waals surface area contributed by atoms with Crippen LogP contribution in [0.15, 0.2) is 47.6 Å². The number of hydrogen-bond donors (Lipinski definition) is 0. The molecule has 0 aromatic heterocycles. The summed E-state index contributed by atoms with van der Waals surface area (Å²) in [4.78, 5) is 17.2. The van der Waals surface area contributed by atoms with Crippen LogP contribution < -0.4 is 4.74 Å². The molecule has 0 aliphatic heterocycles. The lowest BCUT2D eigenvalue weighted by molar-refractivity contribution is 0.0515. The van der Waals surface area contributed by atoms with Crippen molar-refractivity contribution in [2.24, 2.45) is 5.16 Å². The molecule has 0 saturated carbocycles. The van der Waals surface area contributed by atoms with E-state index < -0.39 is 5.97 Å². The summed E-state index contributed by atoms with van der Waals surface area (Å²) in [5.41, 5.74) is 4.64. The summed E-state index contributed by atoms with van der Waals surface area (Å²) in [5.74, 6) is 0.403. The summed E-state index contributed by atoms with van der Waals surface area (Å²) in [6.07, 6.45) is 2.78. The zero-order valence-corrected chi connectivity index (χ0v) is 13.3. The van der Waals surface area contributed by atoms with Gasteiger partial charge < -0.3 is 9.57 Å². The Morgan fingerprint density at radius 3 is 2.61 bits per heavy atom. The molecule has 0 heterocycles. The number of carbonyl (C=O) groups is 1. The van der Waals surface area contributed by atoms with Gasteiger partial charge in [0.05, 0.1) is 18.4 Å². The number of methoxy groups -OCH3 is 1. The number of oxime groups is 1. The Labute approximate surface area is 135 Å². The number of rotatable bonds is 3. The van der Waals surface area contributed by atoms with E-state index in [2.05, 4.69) is 5.16 Å². The normalized spacial score (nSPS) is 15.1. The van der Waals surface area contributed by atoms with E-state index >= 15 is 0 Å². The molecule has 2 aromatic carbocycles. The van der Waals surface area contributed by atoms with Crippen LogP contribution >= 0.6 is 0 Å². The van der Waals surface area contributed by atoms with E-state index in [1.165, 1.54) is 5.56 Å². The summed E-state index contributed by atoms with van der Waals surface area (Å²) in [6.45, 7) is 1.97. The van der Waals surface area contributed by atoms with E-state index in [9.17, 15) is 4.79 Å². The third-order valence-corrected chi connectivity index (χ3v) is 4.01. The highest BCUT2D eigenvalue weighted by Gasteiger charge is 2.17. The first-order valence-corrected chi connectivity index (χ1v) is 7.69. The van der Waals surface area contributed by atoms with Gasteiger partial charge in [0.2, 0.25) is 0 Å². The van der Waals surface area contributed by atoms with Crippen LogP contribution in [0.4, 0.5) is 0 Å². The van der Waals surface area contributed by atoms with Crippen molar-refractivity contribution in [1.29, 1.82) is 0 Å². The summed E-state index contributed by atoms with van der Waals surface area (Å²) >= 11 is 0. The molecule has 0 saturated heterocycles. The Balaban J connectivity index is 1.79. The number of hydrogen-bond acceptors (Lipinski definition) is 4. The molecule has 0 amide bonds. The minimum absolute atomic E-state index is 0.432. The van der Waals surface area contributed by atoms with Gasteiger partial charge in [0.15, 0.2) is 0 Å². The van der Waals surface area contributed by atoms with Crippen molar-refractivity contribution in [1.82, 2.24) is 0 Å². The first-order valence-electron chi connectivity index (χ1n) is 7.69. The lowest BCUT2D eigenvalue weighted by Crippen LogP contribution is -2.13. The van der Waals surface area contributed by atoms with Crippen LogP contribution in [0.3, 0.4) is 0 Å². The van der Waals surface area contributed by atoms with Gasteiger partial charge in [-0.25, -0.2) is 4.79 Å². The van der Waals surface area contributed by atoms with E-state index in [4.69, 9.17) is 9.57 Å². The average Bonchev–Trinajstić information content (AvgIpc) is 2.59. The third kappa shape index (κ3) is 3.42. The van der Waals surface area contributed by atoms with Crippen LogP contribution in [0.1, 0.15) is 39.9 Å². The van der Waals surface area contributed by atoms with Crippen molar-refractivity contribution in [2.75, 3.05) is 7.11 Å². The van der Waals surface area contributed by atoms with E-state index in [0.29, 0.717) is 5.56 Å². The maximum Gasteiger partial charge on any atom is 0.365 e. The molecule has 0 bridgehead atoms. The summed E-state index contributed by atoms with van der Waals surface area (Å²) < 4.78 is 5.26. The third-order valence-electron chi connectivity index (χ3n) is 4.01. The number of carbonyl (C=O) groups excluding carboxylic acids is 1. The molecule has 23 heavy (non-hydrogen) atoms. The van der Waals surface area contributed by atoms with Gasteiger partial charge in [-0.2, -0.15) is 0 Å². The van der Waals surface area contributed by atoms with Gasteiger partial charge in [0, 0.05) is 5.56 Å². The van der Waals surface area contributed by atoms with Crippen molar-refractivity contribution in [3.63, 3.8) is 0 Å². The molecule has 0 radical (unpaired) electrons. The second-order valence-corrected chi connectivity index (χ2v) is 5.66. The zero-order chi connectivity index (χ0) is 16.2. The Kier molecular flexibility index (Phi) is 4.42. The van der Waals surface area contributed by atoms with Gasteiger partial charge in [-0.3, -0.25) is 0 Å². The topological polar surface area (TPSA) is 47.9 Å². The van der Waals surface area contributed by atoms with Crippen LogP contribution in [0.5, 0.6) is 5.75 Å². The van der Waals surface area contributed by atoms with Crippen LogP contribution in [0, 0.1) is 6.92 Å². The number of benzene rings is 2. The van der Waals surface area contributed by atoms with Crippen molar-refractivity contribution in [3.05, 3.63) is 64.7 Å². The van der Waals surface area contributed by atoms with Crippen molar-refractivity contribution in [2.45, 2.75) is 26.2 Å². The highest BCUT2D eigenvalue weighted by atomic mass is 16.7. The molecule has 1 aliphatic carbocycles. The van der Waals surface area contributed by atoms with E-state index in [1.54, 1.807) is 19.2 Å². The van der Waals surface area contributed by atoms with Gasteiger partial charge in [-0.05, 0) is 62.1 Å². The predicted octanol–water partition coefficient (Wildman–Crippen LogP) is 3.90. The van der Waals surface area contributed by atoms with Crippen molar-refractivity contribution < 1.29 is 14.4 Å². The van der Waals surface area contributed by atoms with Crippen LogP contribution in [-0.4, -0.2) is 18.8 Å². The Morgan fingerprint density at radius 1 is 1.09 bits per heavy atom. The molecule has 1 aliphatic rings. The smallest absolute Gasteiger partial charge is 0.365 e. The minimum atomic E-state index is -0.432. The molecule has 4 heteroatoms. The standard InChI is InChI=1S/C19H19NO3/c1-13-6-8-14(9-7-13)19(21)23-20-18-5-3-4-15-12-16(22-2)10-11-17(15)18/h6-12H,3-5H2,1-2H3. The Hall–Kier alpha value is -2.62. The van der Waals surface area contributed by atoms with E-state index in [0.717, 1.165) is 41.9 Å². The SMILES string of the molecule is COc1ccc2c(c1)CCCC2=NOC(=O)c1ccc(C)cc1. The Morgan fingerprint density at radius 2 is 1.87 bits per heavy atom. The monoisotopic (exact) mass is 309 g/mol. The van der Waals surface area contributed by atoms with Crippen molar-refractivity contribution in [3.8, 4) is 5.75 Å². The largest absolute Gasteiger partial charge is 0.497 e. The van der Waals surface area contributed by atoms with Crippen LogP contribution in [0.25, 0.3) is 0 Å². The molecule has 118 valence electrons. The molecule has 0 N–H and O–H groups in total. The van der Waals surface area contributed by atoms with Crippen LogP contribution in [-0.2, 0) is 11.3 Å². The minimum Gasteiger partial charge on any atom is -0.497 e. The fourth-order valence-corrected chi connectivity index (χ4v) is 2.70. The molecular formula is C19H19NO3. The highest BCUT2D eigenvalue weighted by molar-refractivity contribution is 6.03. The van der Waals surface area contributed by atoms with Gasteiger partial charge in [-0.1, -0.05) is 22.9 Å². The van der Waals surface area contributed by atoms with Gasteiger partial charge >= 0.3 is 5.97 Å². The van der Waals surface area contributed by atoms with E-state index in [-0.39, 0.29) is 0 Å². The molecule has 0 fully saturated rings. The number of aryl methyl sites for hydroxylation is 2. The number of nitrogens with zero attached hydrogens (tertiary/aromatic N) is 1. The fourth-order valence-electron chi connectivity index (χ4n) is 2.70. The summed E-state index contributed by atoms with van der Waals surface area (Å²) in [5, 5.41) is 4.11.